The van der Waals surface area contributed by atoms with Gasteiger partial charge in [-0.25, -0.2) is 8.78 Å². The molecule has 3 atom stereocenters. The molecule has 1 saturated heterocycles. The molecule has 1 aliphatic carbocycles. The Kier molecular flexibility index (Phi) is 6.47. The molecule has 1 aromatic carbocycles. The van der Waals surface area contributed by atoms with E-state index in [0.717, 1.165) is 37.0 Å². The van der Waals surface area contributed by atoms with Crippen molar-refractivity contribution in [2.75, 3.05) is 0 Å². The second-order valence-electron chi connectivity index (χ2n) is 8.67. The van der Waals surface area contributed by atoms with E-state index in [1.54, 1.807) is 17.2 Å². The third-order valence-corrected chi connectivity index (χ3v) is 6.71. The average Bonchev–Trinajstić information content (AvgIpc) is 3.55. The van der Waals surface area contributed by atoms with Crippen molar-refractivity contribution in [2.45, 2.75) is 64.1 Å². The van der Waals surface area contributed by atoms with E-state index in [9.17, 15) is 18.4 Å². The Morgan fingerprint density at radius 1 is 1.19 bits per heavy atom. The third-order valence-electron chi connectivity index (χ3n) is 6.42. The Morgan fingerprint density at radius 3 is 2.62 bits per heavy atom. The highest BCUT2D eigenvalue weighted by atomic mass is 35.5. The van der Waals surface area contributed by atoms with Crippen LogP contribution in [-0.4, -0.2) is 33.8 Å². The predicted molar refractivity (Wildman–Crippen MR) is 117 cm³/mol. The van der Waals surface area contributed by atoms with Gasteiger partial charge in [-0.2, -0.15) is 0 Å². The number of likely N-dealkylation sites (tertiary alicyclic amines) is 1. The van der Waals surface area contributed by atoms with E-state index in [-0.39, 0.29) is 34.4 Å². The summed E-state index contributed by atoms with van der Waals surface area (Å²) >= 11 is 5.69. The molecule has 0 spiro atoms. The molecule has 2 aliphatic rings. The van der Waals surface area contributed by atoms with Crippen LogP contribution >= 0.6 is 11.6 Å². The van der Waals surface area contributed by atoms with Crippen LogP contribution in [0.1, 0.15) is 67.2 Å². The highest BCUT2D eigenvalue weighted by Gasteiger charge is 2.42. The van der Waals surface area contributed by atoms with Gasteiger partial charge in [0.2, 0.25) is 5.91 Å². The molecule has 2 heterocycles. The first-order valence-electron chi connectivity index (χ1n) is 11.0. The fourth-order valence-electron chi connectivity index (χ4n) is 4.43. The minimum absolute atomic E-state index is 0.0277. The van der Waals surface area contributed by atoms with Crippen LogP contribution in [0.25, 0.3) is 0 Å². The second kappa shape index (κ2) is 9.14. The van der Waals surface area contributed by atoms with Gasteiger partial charge in [-0.3, -0.25) is 14.6 Å². The van der Waals surface area contributed by atoms with Gasteiger partial charge in [-0.05, 0) is 74.8 Å². The lowest BCUT2D eigenvalue weighted by Crippen LogP contribution is -2.49. The molecule has 2 aromatic rings. The molecule has 1 saturated carbocycles. The Bertz CT molecular complexity index is 1040. The summed E-state index contributed by atoms with van der Waals surface area (Å²) in [5.74, 6) is -2.00. The van der Waals surface area contributed by atoms with E-state index < -0.39 is 23.7 Å². The molecule has 32 heavy (non-hydrogen) atoms. The number of carbonyl (C=O) groups is 2. The van der Waals surface area contributed by atoms with E-state index >= 15 is 0 Å². The van der Waals surface area contributed by atoms with Crippen LogP contribution in [0, 0.1) is 17.6 Å². The lowest BCUT2D eigenvalue weighted by Gasteiger charge is -2.29. The fourth-order valence-corrected chi connectivity index (χ4v) is 4.58. The number of rotatable bonds is 6. The highest BCUT2D eigenvalue weighted by molar-refractivity contribution is 6.30. The van der Waals surface area contributed by atoms with Crippen LogP contribution in [0.5, 0.6) is 0 Å². The van der Waals surface area contributed by atoms with Crippen LogP contribution < -0.4 is 5.32 Å². The monoisotopic (exact) mass is 461 g/mol. The summed E-state index contributed by atoms with van der Waals surface area (Å²) in [4.78, 5) is 32.3. The second-order valence-corrected chi connectivity index (χ2v) is 9.08. The largest absolute Gasteiger partial charge is 0.347 e. The van der Waals surface area contributed by atoms with Crippen LogP contribution in [-0.2, 0) is 11.2 Å². The van der Waals surface area contributed by atoms with Gasteiger partial charge in [-0.1, -0.05) is 18.5 Å². The lowest BCUT2D eigenvalue weighted by atomic mass is 10.0. The number of benzene rings is 1. The molecule has 0 radical (unpaired) electrons. The van der Waals surface area contributed by atoms with E-state index in [4.69, 9.17) is 11.6 Å². The van der Waals surface area contributed by atoms with Crippen LogP contribution in [0.3, 0.4) is 0 Å². The molecule has 1 aromatic heterocycles. The quantitative estimate of drug-likeness (QED) is 0.626. The van der Waals surface area contributed by atoms with E-state index in [2.05, 4.69) is 10.3 Å². The van der Waals surface area contributed by atoms with Crippen LogP contribution in [0.4, 0.5) is 8.78 Å². The fraction of sp³-hybridized carbons (Fsp3) is 0.458. The van der Waals surface area contributed by atoms with E-state index in [1.165, 1.54) is 0 Å². The van der Waals surface area contributed by atoms with E-state index in [1.807, 2.05) is 19.9 Å². The molecule has 4 rings (SSSR count). The van der Waals surface area contributed by atoms with Crippen molar-refractivity contribution in [3.63, 3.8) is 0 Å². The molecule has 0 bridgehead atoms. The average molecular weight is 462 g/mol. The zero-order chi connectivity index (χ0) is 23.0. The number of nitrogens with zero attached hydrogens (tertiary/aromatic N) is 2. The van der Waals surface area contributed by atoms with Crippen molar-refractivity contribution in [1.82, 2.24) is 15.2 Å². The molecule has 2 amide bonds. The number of amides is 2. The summed E-state index contributed by atoms with van der Waals surface area (Å²) in [6, 6.07) is 4.12. The van der Waals surface area contributed by atoms with Gasteiger partial charge < -0.3 is 10.2 Å². The molecular formula is C24H26ClF2N3O2. The summed E-state index contributed by atoms with van der Waals surface area (Å²) in [6.45, 7) is 3.90. The summed E-state index contributed by atoms with van der Waals surface area (Å²) in [5.41, 5.74) is 1.38. The lowest BCUT2D eigenvalue weighted by molar-refractivity contribution is -0.126. The molecule has 5 nitrogen and oxygen atoms in total. The normalized spacial score (nSPS) is 21.5. The van der Waals surface area contributed by atoms with E-state index in [0.29, 0.717) is 18.5 Å². The number of hydrogen-bond acceptors (Lipinski definition) is 3. The van der Waals surface area contributed by atoms with Gasteiger partial charge in [0.05, 0.1) is 11.1 Å². The number of nitrogens with one attached hydrogen (secondary N) is 1. The number of hydrogen-bond donors (Lipinski definition) is 1. The molecule has 8 heteroatoms. The van der Waals surface area contributed by atoms with Gasteiger partial charge >= 0.3 is 0 Å². The zero-order valence-electron chi connectivity index (χ0n) is 18.1. The Labute approximate surface area is 191 Å². The van der Waals surface area contributed by atoms with Gasteiger partial charge in [0.15, 0.2) is 0 Å². The van der Waals surface area contributed by atoms with Gasteiger partial charge in [0, 0.05) is 17.8 Å². The standard InChI is InChI=1S/C24H26ClF2N3O2/c1-3-14-8-9-28-20(10-14)24(32)30-13(2)4-7-21(30)23(31)29-22(15-5-6-15)16-11-19(27)17(25)12-18(16)26/h8-13,15,21-22H,3-7H2,1-2H3,(H,29,31)/t13-,21-,22-/m1/s1. The van der Waals surface area contributed by atoms with Crippen LogP contribution in [0.15, 0.2) is 30.5 Å². The van der Waals surface area contributed by atoms with Gasteiger partial charge in [0.1, 0.15) is 23.4 Å². The third kappa shape index (κ3) is 4.49. The minimum atomic E-state index is -0.726. The number of aromatic nitrogens is 1. The molecule has 1 aliphatic heterocycles. The molecule has 170 valence electrons. The Morgan fingerprint density at radius 2 is 1.94 bits per heavy atom. The maximum Gasteiger partial charge on any atom is 0.273 e. The van der Waals surface area contributed by atoms with Crippen molar-refractivity contribution in [3.8, 4) is 0 Å². The summed E-state index contributed by atoms with van der Waals surface area (Å²) in [5, 5.41) is 2.61. The maximum absolute atomic E-state index is 14.6. The molecule has 0 unspecified atom stereocenters. The maximum atomic E-state index is 14.6. The number of carbonyl (C=O) groups excluding carboxylic acids is 2. The van der Waals surface area contributed by atoms with Crippen molar-refractivity contribution < 1.29 is 18.4 Å². The highest BCUT2D eigenvalue weighted by Crippen LogP contribution is 2.42. The van der Waals surface area contributed by atoms with Crippen LogP contribution in [0.2, 0.25) is 5.02 Å². The van der Waals surface area contributed by atoms with Crippen molar-refractivity contribution in [1.29, 1.82) is 0 Å². The Hall–Kier alpha value is -2.54. The van der Waals surface area contributed by atoms with Gasteiger partial charge in [-0.15, -0.1) is 0 Å². The predicted octanol–water partition coefficient (Wildman–Crippen LogP) is 4.84. The zero-order valence-corrected chi connectivity index (χ0v) is 18.8. The topological polar surface area (TPSA) is 62.3 Å². The summed E-state index contributed by atoms with van der Waals surface area (Å²) in [6.07, 6.45) is 5.17. The molecular weight excluding hydrogens is 436 g/mol. The first kappa shape index (κ1) is 22.6. The summed E-state index contributed by atoms with van der Waals surface area (Å²) in [7, 11) is 0. The molecule has 1 N–H and O–H groups in total. The van der Waals surface area contributed by atoms with Gasteiger partial charge in [0.25, 0.3) is 5.91 Å². The SMILES string of the molecule is CCc1ccnc(C(=O)N2[C@H](C)CC[C@@H]2C(=O)N[C@@H](c2cc(F)c(Cl)cc2F)C2CC2)c1. The minimum Gasteiger partial charge on any atom is -0.347 e. The number of pyridine rings is 1. The smallest absolute Gasteiger partial charge is 0.273 e. The first-order chi connectivity index (χ1) is 15.3. The van der Waals surface area contributed by atoms with Crippen molar-refractivity contribution in [3.05, 3.63) is 63.9 Å². The Balaban J connectivity index is 1.57. The summed E-state index contributed by atoms with van der Waals surface area (Å²) < 4.78 is 28.6. The first-order valence-corrected chi connectivity index (χ1v) is 11.4. The molecule has 2 fully saturated rings. The number of halogens is 3. The van der Waals surface area contributed by atoms with Crippen molar-refractivity contribution >= 4 is 23.4 Å². The number of aryl methyl sites for hydroxylation is 1. The van der Waals surface area contributed by atoms with Crippen molar-refractivity contribution in [2.24, 2.45) is 5.92 Å².